The Balaban J connectivity index is 2.48. The molecule has 1 aliphatic rings. The predicted octanol–water partition coefficient (Wildman–Crippen LogP) is 2.32. The number of unbranched alkanes of at least 4 members (excludes halogenated alkanes) is 1. The minimum Gasteiger partial charge on any atom is -0.325 e. The van der Waals surface area contributed by atoms with E-state index in [4.69, 9.17) is 0 Å². The Labute approximate surface area is 87.1 Å². The lowest BCUT2D eigenvalue weighted by Gasteiger charge is -2.38. The Kier molecular flexibility index (Phi) is 4.23. The van der Waals surface area contributed by atoms with Gasteiger partial charge < -0.3 is 9.80 Å². The molecule has 14 heavy (non-hydrogen) atoms. The van der Waals surface area contributed by atoms with Crippen LogP contribution in [0.15, 0.2) is 0 Å². The predicted molar refractivity (Wildman–Crippen MR) is 58.3 cm³/mol. The Bertz CT molecular complexity index is 192. The molecule has 0 radical (unpaired) electrons. The van der Waals surface area contributed by atoms with Crippen LogP contribution in [0, 0.1) is 0 Å². The van der Waals surface area contributed by atoms with Crippen molar-refractivity contribution < 1.29 is 4.79 Å². The van der Waals surface area contributed by atoms with Gasteiger partial charge in [-0.3, -0.25) is 0 Å². The molecule has 3 heteroatoms. The average molecular weight is 198 g/mol. The van der Waals surface area contributed by atoms with Gasteiger partial charge in [0.1, 0.15) is 0 Å². The van der Waals surface area contributed by atoms with E-state index in [1.54, 1.807) is 0 Å². The molecule has 1 heterocycles. The zero-order valence-corrected chi connectivity index (χ0v) is 9.62. The first-order chi connectivity index (χ1) is 6.66. The number of carbonyl (C=O) groups excluding carboxylic acids is 1. The third-order valence-electron chi connectivity index (χ3n) is 2.75. The van der Waals surface area contributed by atoms with Crippen molar-refractivity contribution in [3.05, 3.63) is 0 Å². The normalized spacial score (nSPS) is 18.1. The van der Waals surface area contributed by atoms with Crippen molar-refractivity contribution in [3.63, 3.8) is 0 Å². The summed E-state index contributed by atoms with van der Waals surface area (Å²) in [5, 5.41) is 0. The summed E-state index contributed by atoms with van der Waals surface area (Å²) < 4.78 is 0. The largest absolute Gasteiger partial charge is 0.325 e. The summed E-state index contributed by atoms with van der Waals surface area (Å²) in [5.41, 5.74) is 0. The molecule has 0 atom stereocenters. The highest BCUT2D eigenvalue weighted by molar-refractivity contribution is 5.75. The lowest BCUT2D eigenvalue weighted by molar-refractivity contribution is 0.115. The fraction of sp³-hybridized carbons (Fsp3) is 0.909. The van der Waals surface area contributed by atoms with Crippen LogP contribution >= 0.6 is 0 Å². The number of amides is 2. The Morgan fingerprint density at radius 1 is 1.36 bits per heavy atom. The molecule has 0 bridgehead atoms. The summed E-state index contributed by atoms with van der Waals surface area (Å²) in [4.78, 5) is 15.9. The van der Waals surface area contributed by atoms with Crippen molar-refractivity contribution in [2.45, 2.75) is 46.1 Å². The molecule has 2 amide bonds. The maximum atomic E-state index is 11.9. The molecule has 0 unspecified atom stereocenters. The number of nitrogens with zero attached hydrogens (tertiary/aromatic N) is 2. The molecule has 1 saturated heterocycles. The molecule has 0 saturated carbocycles. The van der Waals surface area contributed by atoms with Crippen LogP contribution in [0.5, 0.6) is 0 Å². The Hall–Kier alpha value is -0.730. The standard InChI is InChI=1S/C11H22N2O/c1-4-5-7-12-8-6-9-13(10(2)3)11(12)14/h10H,4-9H2,1-3H3. The minimum absolute atomic E-state index is 0.236. The van der Waals surface area contributed by atoms with Crippen LogP contribution < -0.4 is 0 Å². The van der Waals surface area contributed by atoms with Gasteiger partial charge in [0, 0.05) is 25.7 Å². The zero-order chi connectivity index (χ0) is 10.6. The fourth-order valence-electron chi connectivity index (χ4n) is 1.84. The smallest absolute Gasteiger partial charge is 0.320 e. The van der Waals surface area contributed by atoms with E-state index in [0.717, 1.165) is 38.9 Å². The van der Waals surface area contributed by atoms with Gasteiger partial charge in [0.2, 0.25) is 0 Å². The highest BCUT2D eigenvalue weighted by atomic mass is 16.2. The van der Waals surface area contributed by atoms with Crippen molar-refractivity contribution in [3.8, 4) is 0 Å². The summed E-state index contributed by atoms with van der Waals surface area (Å²) in [6, 6.07) is 0.576. The van der Waals surface area contributed by atoms with Crippen molar-refractivity contribution in [2.24, 2.45) is 0 Å². The molecule has 1 aliphatic heterocycles. The lowest BCUT2D eigenvalue weighted by Crippen LogP contribution is -2.51. The molecule has 1 fully saturated rings. The molecular formula is C11H22N2O. The van der Waals surface area contributed by atoms with Crippen LogP contribution in [0.2, 0.25) is 0 Å². The SMILES string of the molecule is CCCCN1CCCN(C(C)C)C1=O. The summed E-state index contributed by atoms with van der Waals surface area (Å²) in [5.74, 6) is 0. The van der Waals surface area contributed by atoms with E-state index in [2.05, 4.69) is 20.8 Å². The quantitative estimate of drug-likeness (QED) is 0.680. The molecule has 0 aromatic rings. The fourth-order valence-corrected chi connectivity index (χ4v) is 1.84. The van der Waals surface area contributed by atoms with Crippen LogP contribution in [-0.2, 0) is 0 Å². The van der Waals surface area contributed by atoms with Gasteiger partial charge >= 0.3 is 6.03 Å². The third kappa shape index (κ3) is 2.63. The number of urea groups is 1. The van der Waals surface area contributed by atoms with E-state index in [1.807, 2.05) is 9.80 Å². The molecule has 0 spiro atoms. The molecule has 3 nitrogen and oxygen atoms in total. The van der Waals surface area contributed by atoms with Crippen molar-refractivity contribution >= 4 is 6.03 Å². The maximum absolute atomic E-state index is 11.9. The van der Waals surface area contributed by atoms with E-state index in [1.165, 1.54) is 0 Å². The van der Waals surface area contributed by atoms with E-state index in [9.17, 15) is 4.79 Å². The molecular weight excluding hydrogens is 176 g/mol. The monoisotopic (exact) mass is 198 g/mol. The van der Waals surface area contributed by atoms with E-state index < -0.39 is 0 Å². The third-order valence-corrected chi connectivity index (χ3v) is 2.75. The number of hydrogen-bond donors (Lipinski definition) is 0. The summed E-state index contributed by atoms with van der Waals surface area (Å²) in [6.07, 6.45) is 3.40. The topological polar surface area (TPSA) is 23.6 Å². The second-order valence-electron chi connectivity index (χ2n) is 4.26. The van der Waals surface area contributed by atoms with E-state index >= 15 is 0 Å². The van der Waals surface area contributed by atoms with Gasteiger partial charge in [-0.25, -0.2) is 4.79 Å². The maximum Gasteiger partial charge on any atom is 0.320 e. The second kappa shape index (κ2) is 5.23. The van der Waals surface area contributed by atoms with Gasteiger partial charge in [-0.05, 0) is 26.7 Å². The Morgan fingerprint density at radius 3 is 2.64 bits per heavy atom. The molecule has 1 rings (SSSR count). The minimum atomic E-state index is 0.236. The molecule has 0 aliphatic carbocycles. The average Bonchev–Trinajstić information content (AvgIpc) is 2.16. The van der Waals surface area contributed by atoms with Gasteiger partial charge in [-0.15, -0.1) is 0 Å². The van der Waals surface area contributed by atoms with E-state index in [0.29, 0.717) is 6.04 Å². The first kappa shape index (κ1) is 11.3. The summed E-state index contributed by atoms with van der Waals surface area (Å²) >= 11 is 0. The highest BCUT2D eigenvalue weighted by Crippen LogP contribution is 2.12. The molecule has 82 valence electrons. The van der Waals surface area contributed by atoms with Gasteiger partial charge in [0.05, 0.1) is 0 Å². The number of carbonyl (C=O) groups is 1. The first-order valence-electron chi connectivity index (χ1n) is 5.72. The second-order valence-corrected chi connectivity index (χ2v) is 4.26. The van der Waals surface area contributed by atoms with Crippen molar-refractivity contribution in [2.75, 3.05) is 19.6 Å². The first-order valence-corrected chi connectivity index (χ1v) is 5.72. The molecule has 0 N–H and O–H groups in total. The van der Waals surface area contributed by atoms with Gasteiger partial charge in [0.25, 0.3) is 0 Å². The van der Waals surface area contributed by atoms with Crippen LogP contribution in [0.4, 0.5) is 4.79 Å². The number of hydrogen-bond acceptors (Lipinski definition) is 1. The van der Waals surface area contributed by atoms with Crippen LogP contribution in [0.1, 0.15) is 40.0 Å². The van der Waals surface area contributed by atoms with Crippen molar-refractivity contribution in [1.82, 2.24) is 9.80 Å². The summed E-state index contributed by atoms with van der Waals surface area (Å²) in [6.45, 7) is 9.14. The summed E-state index contributed by atoms with van der Waals surface area (Å²) in [7, 11) is 0. The lowest BCUT2D eigenvalue weighted by atomic mass is 10.2. The molecule has 0 aromatic heterocycles. The van der Waals surface area contributed by atoms with Gasteiger partial charge in [-0.1, -0.05) is 13.3 Å². The van der Waals surface area contributed by atoms with Gasteiger partial charge in [0.15, 0.2) is 0 Å². The zero-order valence-electron chi connectivity index (χ0n) is 9.62. The van der Waals surface area contributed by atoms with E-state index in [-0.39, 0.29) is 6.03 Å². The highest BCUT2D eigenvalue weighted by Gasteiger charge is 2.26. The Morgan fingerprint density at radius 2 is 2.07 bits per heavy atom. The van der Waals surface area contributed by atoms with Crippen LogP contribution in [-0.4, -0.2) is 41.5 Å². The van der Waals surface area contributed by atoms with Crippen LogP contribution in [0.25, 0.3) is 0 Å². The van der Waals surface area contributed by atoms with Crippen molar-refractivity contribution in [1.29, 1.82) is 0 Å². The molecule has 0 aromatic carbocycles. The number of rotatable bonds is 4. The van der Waals surface area contributed by atoms with Crippen LogP contribution in [0.3, 0.4) is 0 Å². The van der Waals surface area contributed by atoms with Gasteiger partial charge in [-0.2, -0.15) is 0 Å².